The number of benzene rings is 1. The summed E-state index contributed by atoms with van der Waals surface area (Å²) in [6.07, 6.45) is 5.87. The van der Waals surface area contributed by atoms with E-state index in [1.165, 1.54) is 10.6 Å². The molecule has 1 saturated carbocycles. The number of carbonyl (C=O) groups is 1. The molecule has 2 N–H and O–H groups in total. The summed E-state index contributed by atoms with van der Waals surface area (Å²) in [5.74, 6) is 0.0956. The average Bonchev–Trinajstić information content (AvgIpc) is 3.38. The van der Waals surface area contributed by atoms with Crippen LogP contribution in [0.3, 0.4) is 0 Å². The maximum absolute atomic E-state index is 14.0. The van der Waals surface area contributed by atoms with Gasteiger partial charge in [0, 0.05) is 17.7 Å². The van der Waals surface area contributed by atoms with Crippen molar-refractivity contribution < 1.29 is 14.3 Å². The van der Waals surface area contributed by atoms with Gasteiger partial charge in [-0.3, -0.25) is 9.36 Å². The molecule has 3 aromatic rings. The van der Waals surface area contributed by atoms with Crippen LogP contribution in [0, 0.1) is 25.7 Å². The van der Waals surface area contributed by atoms with Crippen LogP contribution in [-0.4, -0.2) is 31.9 Å². The molecule has 0 saturated heterocycles. The highest BCUT2D eigenvalue weighted by atomic mass is 16.4. The SMILES string of the molecule is CCC(C)CC(CC)(C(=O)O)n1c(-c2ccc(C)cc2)c(C)c(-c2nnc(NC3CCC(C)CC3)o2)cc1=O. The molecule has 2 unspecified atom stereocenters. The lowest BCUT2D eigenvalue weighted by Gasteiger charge is -2.36. The van der Waals surface area contributed by atoms with E-state index in [1.54, 1.807) is 0 Å². The minimum atomic E-state index is -1.39. The Hall–Kier alpha value is -3.42. The molecular weight excluding hydrogens is 492 g/mol. The fraction of sp³-hybridized carbons (Fsp3) is 0.548. The Bertz CT molecular complexity index is 1350. The number of rotatable bonds is 10. The molecule has 2 aromatic heterocycles. The van der Waals surface area contributed by atoms with E-state index in [-0.39, 0.29) is 24.3 Å². The van der Waals surface area contributed by atoms with E-state index in [1.807, 2.05) is 58.9 Å². The topological polar surface area (TPSA) is 110 Å². The third-order valence-corrected chi connectivity index (χ3v) is 8.59. The van der Waals surface area contributed by atoms with Crippen LogP contribution in [0.1, 0.15) is 83.8 Å². The van der Waals surface area contributed by atoms with Crippen LogP contribution in [0.4, 0.5) is 6.01 Å². The number of carboxylic acid groups (broad SMARTS) is 1. The standard InChI is InChI=1S/C31H42N4O4/c1-7-19(3)18-31(8-2,29(37)38)35-26(36)17-25(22(6)27(35)23-13-9-20(4)10-14-23)28-33-34-30(39-28)32-24-15-11-21(5)12-16-24/h9-10,13-14,17,19,21,24H,7-8,11-12,15-16,18H2,1-6H3,(H,32,34)(H,37,38). The summed E-state index contributed by atoms with van der Waals surface area (Å²) < 4.78 is 7.53. The molecular formula is C31H42N4O4. The van der Waals surface area contributed by atoms with Crippen LogP contribution in [0.5, 0.6) is 0 Å². The van der Waals surface area contributed by atoms with Gasteiger partial charge in [0.25, 0.3) is 5.56 Å². The second-order valence-corrected chi connectivity index (χ2v) is 11.5. The Morgan fingerprint density at radius 1 is 1.15 bits per heavy atom. The minimum Gasteiger partial charge on any atom is -0.479 e. The van der Waals surface area contributed by atoms with Gasteiger partial charge in [0.05, 0.1) is 5.69 Å². The van der Waals surface area contributed by atoms with Crippen molar-refractivity contribution in [3.05, 3.63) is 51.8 Å². The van der Waals surface area contributed by atoms with E-state index >= 15 is 0 Å². The average molecular weight is 535 g/mol. The summed E-state index contributed by atoms with van der Waals surface area (Å²) in [5, 5.41) is 22.5. The van der Waals surface area contributed by atoms with E-state index in [2.05, 4.69) is 22.4 Å². The molecule has 8 heteroatoms. The third-order valence-electron chi connectivity index (χ3n) is 8.59. The van der Waals surface area contributed by atoms with E-state index in [4.69, 9.17) is 4.42 Å². The number of aromatic nitrogens is 3. The molecule has 0 spiro atoms. The normalized spacial score (nSPS) is 19.8. The van der Waals surface area contributed by atoms with Gasteiger partial charge in [-0.2, -0.15) is 0 Å². The summed E-state index contributed by atoms with van der Waals surface area (Å²) >= 11 is 0. The zero-order chi connectivity index (χ0) is 28.3. The number of hydrogen-bond donors (Lipinski definition) is 2. The Morgan fingerprint density at radius 2 is 1.82 bits per heavy atom. The summed E-state index contributed by atoms with van der Waals surface area (Å²) in [6.45, 7) is 12.1. The second-order valence-electron chi connectivity index (χ2n) is 11.5. The smallest absolute Gasteiger partial charge is 0.330 e. The van der Waals surface area contributed by atoms with Gasteiger partial charge in [0.1, 0.15) is 5.54 Å². The number of nitrogens with zero attached hydrogens (tertiary/aromatic N) is 3. The van der Waals surface area contributed by atoms with Gasteiger partial charge in [-0.25, -0.2) is 4.79 Å². The lowest BCUT2D eigenvalue weighted by Crippen LogP contribution is -2.49. The van der Waals surface area contributed by atoms with E-state index in [0.717, 1.165) is 54.7 Å². The zero-order valence-corrected chi connectivity index (χ0v) is 24.1. The highest BCUT2D eigenvalue weighted by Crippen LogP contribution is 2.38. The predicted molar refractivity (Wildman–Crippen MR) is 154 cm³/mol. The molecule has 2 atom stereocenters. The fourth-order valence-corrected chi connectivity index (χ4v) is 5.82. The molecule has 0 radical (unpaired) electrons. The first-order valence-corrected chi connectivity index (χ1v) is 14.3. The molecule has 39 heavy (non-hydrogen) atoms. The van der Waals surface area contributed by atoms with Crippen molar-refractivity contribution in [2.45, 2.75) is 98.1 Å². The molecule has 0 bridgehead atoms. The van der Waals surface area contributed by atoms with Crippen LogP contribution < -0.4 is 10.9 Å². The maximum atomic E-state index is 14.0. The Kier molecular flexibility index (Phi) is 8.62. The zero-order valence-electron chi connectivity index (χ0n) is 24.1. The van der Waals surface area contributed by atoms with Crippen LogP contribution in [0.25, 0.3) is 22.7 Å². The molecule has 8 nitrogen and oxygen atoms in total. The van der Waals surface area contributed by atoms with Crippen LogP contribution >= 0.6 is 0 Å². The molecule has 4 rings (SSSR count). The lowest BCUT2D eigenvalue weighted by atomic mass is 9.83. The highest BCUT2D eigenvalue weighted by Gasteiger charge is 2.43. The number of aryl methyl sites for hydroxylation is 1. The Labute approximate surface area is 230 Å². The summed E-state index contributed by atoms with van der Waals surface area (Å²) in [7, 11) is 0. The van der Waals surface area contributed by atoms with Gasteiger partial charge in [-0.1, -0.05) is 69.0 Å². The van der Waals surface area contributed by atoms with E-state index in [0.29, 0.717) is 23.7 Å². The van der Waals surface area contributed by atoms with Crippen LogP contribution in [0.2, 0.25) is 0 Å². The quantitative estimate of drug-likeness (QED) is 0.294. The monoisotopic (exact) mass is 534 g/mol. The molecule has 0 amide bonds. The predicted octanol–water partition coefficient (Wildman–Crippen LogP) is 6.80. The Morgan fingerprint density at radius 3 is 2.41 bits per heavy atom. The van der Waals surface area contributed by atoms with Gasteiger partial charge in [-0.05, 0) is 75.3 Å². The molecule has 1 aliphatic rings. The molecule has 2 heterocycles. The van der Waals surface area contributed by atoms with Gasteiger partial charge in [0.15, 0.2) is 0 Å². The van der Waals surface area contributed by atoms with Gasteiger partial charge in [0.2, 0.25) is 5.89 Å². The third kappa shape index (κ3) is 5.80. The molecule has 1 fully saturated rings. The molecule has 1 aliphatic carbocycles. The van der Waals surface area contributed by atoms with E-state index < -0.39 is 17.1 Å². The Balaban J connectivity index is 1.86. The van der Waals surface area contributed by atoms with E-state index in [9.17, 15) is 14.7 Å². The van der Waals surface area contributed by atoms with Crippen molar-refractivity contribution in [2.24, 2.45) is 11.8 Å². The minimum absolute atomic E-state index is 0.117. The van der Waals surface area contributed by atoms with Crippen LogP contribution in [0.15, 0.2) is 39.5 Å². The first-order valence-electron chi connectivity index (χ1n) is 14.3. The van der Waals surface area contributed by atoms with Gasteiger partial charge >= 0.3 is 12.0 Å². The van der Waals surface area contributed by atoms with Crippen molar-refractivity contribution in [1.29, 1.82) is 0 Å². The fourth-order valence-electron chi connectivity index (χ4n) is 5.82. The van der Waals surface area contributed by atoms with Crippen molar-refractivity contribution in [3.63, 3.8) is 0 Å². The molecule has 210 valence electrons. The number of anilines is 1. The largest absolute Gasteiger partial charge is 0.479 e. The van der Waals surface area contributed by atoms with Crippen molar-refractivity contribution in [1.82, 2.24) is 14.8 Å². The van der Waals surface area contributed by atoms with Crippen molar-refractivity contribution >= 4 is 12.0 Å². The van der Waals surface area contributed by atoms with Crippen molar-refractivity contribution in [2.75, 3.05) is 5.32 Å². The summed E-state index contributed by atoms with van der Waals surface area (Å²) in [6, 6.07) is 9.90. The highest BCUT2D eigenvalue weighted by molar-refractivity contribution is 5.80. The molecule has 1 aromatic carbocycles. The first kappa shape index (κ1) is 28.6. The van der Waals surface area contributed by atoms with Gasteiger partial charge < -0.3 is 14.8 Å². The number of hydrogen-bond acceptors (Lipinski definition) is 6. The lowest BCUT2D eigenvalue weighted by molar-refractivity contribution is -0.149. The number of pyridine rings is 1. The van der Waals surface area contributed by atoms with Crippen LogP contribution in [-0.2, 0) is 10.3 Å². The van der Waals surface area contributed by atoms with Crippen molar-refractivity contribution in [3.8, 4) is 22.7 Å². The second kappa shape index (κ2) is 11.8. The van der Waals surface area contributed by atoms with Gasteiger partial charge in [-0.15, -0.1) is 5.10 Å². The number of carboxylic acids is 1. The number of aliphatic carboxylic acids is 1. The molecule has 0 aliphatic heterocycles. The summed E-state index contributed by atoms with van der Waals surface area (Å²) in [4.78, 5) is 26.9. The number of nitrogens with one attached hydrogen (secondary N) is 1. The maximum Gasteiger partial charge on any atom is 0.330 e. The first-order chi connectivity index (χ1) is 18.6. The summed E-state index contributed by atoms with van der Waals surface area (Å²) in [5.41, 5.74) is 1.87.